The van der Waals surface area contributed by atoms with Crippen LogP contribution in [-0.4, -0.2) is 37.4 Å². The Morgan fingerprint density at radius 2 is 1.88 bits per heavy atom. The molecule has 0 amide bonds. The summed E-state index contributed by atoms with van der Waals surface area (Å²) in [5.41, 5.74) is 9.33. The van der Waals surface area contributed by atoms with Gasteiger partial charge in [-0.15, -0.1) is 0 Å². The van der Waals surface area contributed by atoms with E-state index in [9.17, 15) is 4.79 Å². The van der Waals surface area contributed by atoms with Crippen LogP contribution in [0.3, 0.4) is 0 Å². The largest absolute Gasteiger partial charge is 0.460 e. The smallest absolute Gasteiger partial charge is 0.338 e. The molecule has 0 unspecified atom stereocenters. The van der Waals surface area contributed by atoms with Crippen LogP contribution in [0, 0.1) is 0 Å². The molecule has 2 rings (SSSR count). The van der Waals surface area contributed by atoms with Gasteiger partial charge in [-0.05, 0) is 65.1 Å². The van der Waals surface area contributed by atoms with Gasteiger partial charge in [0.05, 0.1) is 12.2 Å². The molecule has 25 heavy (non-hydrogen) atoms. The van der Waals surface area contributed by atoms with Gasteiger partial charge in [-0.2, -0.15) is 0 Å². The highest BCUT2D eigenvalue weighted by molar-refractivity contribution is 9.10. The molecule has 0 aliphatic heterocycles. The Morgan fingerprint density at radius 1 is 1.16 bits per heavy atom. The number of rotatable bonds is 9. The van der Waals surface area contributed by atoms with Gasteiger partial charge in [-0.3, -0.25) is 0 Å². The molecular weight excluding hydrogens is 384 g/mol. The Morgan fingerprint density at radius 3 is 2.60 bits per heavy atom. The maximum absolute atomic E-state index is 11.9. The number of nitrogens with one attached hydrogen (secondary N) is 1. The predicted octanol–water partition coefficient (Wildman–Crippen LogP) is 2.56. The van der Waals surface area contributed by atoms with Crippen LogP contribution in [0.25, 0.3) is 0 Å². The van der Waals surface area contributed by atoms with Gasteiger partial charge in [-0.25, -0.2) is 4.79 Å². The van der Waals surface area contributed by atoms with Crippen molar-refractivity contribution in [1.82, 2.24) is 5.32 Å². The minimum absolute atomic E-state index is 0.0167. The number of benzene rings is 2. The maximum Gasteiger partial charge on any atom is 0.338 e. The molecule has 2 aromatic rings. The van der Waals surface area contributed by atoms with E-state index < -0.39 is 5.97 Å². The Labute approximate surface area is 156 Å². The highest BCUT2D eigenvalue weighted by Gasteiger charge is 2.13. The van der Waals surface area contributed by atoms with Crippen LogP contribution in [-0.2, 0) is 17.6 Å². The van der Waals surface area contributed by atoms with Crippen LogP contribution < -0.4 is 11.1 Å². The molecule has 0 aliphatic carbocycles. The van der Waals surface area contributed by atoms with Crippen molar-refractivity contribution >= 4 is 27.6 Å². The highest BCUT2D eigenvalue weighted by Crippen LogP contribution is 2.26. The monoisotopic (exact) mass is 406 g/mol. The Bertz CT molecular complexity index is 693. The van der Waals surface area contributed by atoms with Crippen LogP contribution in [0.5, 0.6) is 0 Å². The van der Waals surface area contributed by atoms with E-state index in [4.69, 9.17) is 15.6 Å². The van der Waals surface area contributed by atoms with E-state index in [0.29, 0.717) is 22.1 Å². The van der Waals surface area contributed by atoms with Gasteiger partial charge in [0.25, 0.3) is 0 Å². The molecule has 0 fully saturated rings. The van der Waals surface area contributed by atoms with Crippen LogP contribution in [0.15, 0.2) is 46.9 Å². The Kier molecular flexibility index (Phi) is 7.91. The zero-order valence-corrected chi connectivity index (χ0v) is 15.6. The van der Waals surface area contributed by atoms with Crippen molar-refractivity contribution in [2.75, 3.05) is 32.0 Å². The molecule has 5 nitrogen and oxygen atoms in total. The number of hydrogen-bond acceptors (Lipinski definition) is 5. The second kappa shape index (κ2) is 10.2. The first-order chi connectivity index (χ1) is 12.1. The minimum Gasteiger partial charge on any atom is -0.460 e. The zero-order chi connectivity index (χ0) is 18.1. The van der Waals surface area contributed by atoms with Gasteiger partial charge < -0.3 is 20.9 Å². The number of esters is 1. The van der Waals surface area contributed by atoms with E-state index >= 15 is 0 Å². The molecule has 0 spiro atoms. The van der Waals surface area contributed by atoms with Gasteiger partial charge in [0.1, 0.15) is 6.61 Å². The van der Waals surface area contributed by atoms with E-state index in [1.165, 1.54) is 5.56 Å². The van der Waals surface area contributed by atoms with Crippen molar-refractivity contribution in [2.24, 2.45) is 0 Å². The molecule has 134 valence electrons. The lowest BCUT2D eigenvalue weighted by Gasteiger charge is -2.11. The summed E-state index contributed by atoms with van der Waals surface area (Å²) < 4.78 is 5.62. The van der Waals surface area contributed by atoms with Crippen molar-refractivity contribution in [1.29, 1.82) is 0 Å². The molecule has 0 atom stereocenters. The van der Waals surface area contributed by atoms with E-state index in [2.05, 4.69) is 33.4 Å². The van der Waals surface area contributed by atoms with Crippen LogP contribution in [0.1, 0.15) is 21.5 Å². The number of ether oxygens (including phenoxy) is 1. The van der Waals surface area contributed by atoms with E-state index in [1.54, 1.807) is 12.1 Å². The molecule has 0 heterocycles. The maximum atomic E-state index is 11.9. The van der Waals surface area contributed by atoms with Gasteiger partial charge in [0.15, 0.2) is 0 Å². The first-order valence-corrected chi connectivity index (χ1v) is 9.01. The van der Waals surface area contributed by atoms with E-state index in [1.807, 2.05) is 18.2 Å². The zero-order valence-electron chi connectivity index (χ0n) is 14.0. The SMILES string of the molecule is Nc1c(Br)cc(C(=O)OCCO)cc1CCNCCc1ccccc1. The Balaban J connectivity index is 1.87. The summed E-state index contributed by atoms with van der Waals surface area (Å²) in [6.07, 6.45) is 1.67. The van der Waals surface area contributed by atoms with Crippen LogP contribution in [0.4, 0.5) is 5.69 Å². The summed E-state index contributed by atoms with van der Waals surface area (Å²) in [6, 6.07) is 13.7. The number of halogens is 1. The first-order valence-electron chi connectivity index (χ1n) is 8.22. The summed E-state index contributed by atoms with van der Waals surface area (Å²) in [5, 5.41) is 12.1. The highest BCUT2D eigenvalue weighted by atomic mass is 79.9. The van der Waals surface area contributed by atoms with Crippen molar-refractivity contribution < 1.29 is 14.6 Å². The summed E-state index contributed by atoms with van der Waals surface area (Å²) in [6.45, 7) is 1.43. The third-order valence-corrected chi connectivity index (χ3v) is 4.44. The first kappa shape index (κ1) is 19.4. The number of carbonyl (C=O) groups excluding carboxylic acids is 1. The lowest BCUT2D eigenvalue weighted by molar-refractivity contribution is 0.0433. The van der Waals surface area contributed by atoms with E-state index in [0.717, 1.165) is 25.1 Å². The second-order valence-corrected chi connectivity index (χ2v) is 6.48. The quantitative estimate of drug-likeness (QED) is 0.338. The van der Waals surface area contributed by atoms with Crippen LogP contribution >= 0.6 is 15.9 Å². The van der Waals surface area contributed by atoms with E-state index in [-0.39, 0.29) is 13.2 Å². The number of carbonyl (C=O) groups is 1. The fourth-order valence-corrected chi connectivity index (χ4v) is 2.95. The fraction of sp³-hybridized carbons (Fsp3) is 0.316. The van der Waals surface area contributed by atoms with Gasteiger partial charge >= 0.3 is 5.97 Å². The fourth-order valence-electron chi connectivity index (χ4n) is 2.45. The number of anilines is 1. The summed E-state index contributed by atoms with van der Waals surface area (Å²) in [4.78, 5) is 11.9. The number of aliphatic hydroxyl groups is 1. The van der Waals surface area contributed by atoms with Crippen molar-refractivity contribution in [3.05, 3.63) is 63.6 Å². The molecule has 2 aromatic carbocycles. The molecule has 0 radical (unpaired) electrons. The normalized spacial score (nSPS) is 10.6. The summed E-state index contributed by atoms with van der Waals surface area (Å²) >= 11 is 3.38. The second-order valence-electron chi connectivity index (χ2n) is 5.63. The van der Waals surface area contributed by atoms with Gasteiger partial charge in [-0.1, -0.05) is 30.3 Å². The lowest BCUT2D eigenvalue weighted by Crippen LogP contribution is -2.21. The minimum atomic E-state index is -0.465. The van der Waals surface area contributed by atoms with Crippen molar-refractivity contribution in [2.45, 2.75) is 12.8 Å². The molecule has 0 saturated heterocycles. The van der Waals surface area contributed by atoms with Gasteiger partial charge in [0, 0.05) is 10.2 Å². The number of nitrogens with two attached hydrogens (primary N) is 1. The molecular formula is C19H23BrN2O3. The molecule has 0 bridgehead atoms. The molecule has 0 aromatic heterocycles. The average Bonchev–Trinajstić information content (AvgIpc) is 2.63. The van der Waals surface area contributed by atoms with Crippen molar-refractivity contribution in [3.8, 4) is 0 Å². The third-order valence-electron chi connectivity index (χ3n) is 3.78. The van der Waals surface area contributed by atoms with Crippen LogP contribution in [0.2, 0.25) is 0 Å². The number of nitrogen functional groups attached to an aromatic ring is 1. The standard InChI is InChI=1S/C19H23BrN2O3/c20-17-13-16(19(24)25-11-10-23)12-15(18(17)21)7-9-22-8-6-14-4-2-1-3-5-14/h1-5,12-13,22-23H,6-11,21H2. The molecule has 4 N–H and O–H groups in total. The number of hydrogen-bond donors (Lipinski definition) is 3. The molecule has 6 heteroatoms. The lowest BCUT2D eigenvalue weighted by atomic mass is 10.1. The number of aliphatic hydroxyl groups excluding tert-OH is 1. The topological polar surface area (TPSA) is 84.6 Å². The predicted molar refractivity (Wildman–Crippen MR) is 103 cm³/mol. The third kappa shape index (κ3) is 6.16. The summed E-state index contributed by atoms with van der Waals surface area (Å²) in [7, 11) is 0. The van der Waals surface area contributed by atoms with Crippen molar-refractivity contribution in [3.63, 3.8) is 0 Å². The Hall–Kier alpha value is -1.89. The average molecular weight is 407 g/mol. The van der Waals surface area contributed by atoms with Gasteiger partial charge in [0.2, 0.25) is 0 Å². The molecule has 0 saturated carbocycles. The summed E-state index contributed by atoms with van der Waals surface area (Å²) in [5.74, 6) is -0.465. The molecule has 0 aliphatic rings.